The van der Waals surface area contributed by atoms with Crippen LogP contribution in [0.5, 0.6) is 5.75 Å². The van der Waals surface area contributed by atoms with E-state index in [0.717, 1.165) is 22.3 Å². The van der Waals surface area contributed by atoms with Crippen LogP contribution in [0.25, 0.3) is 11.1 Å². The van der Waals surface area contributed by atoms with Gasteiger partial charge in [-0.2, -0.15) is 0 Å². The molecule has 0 aromatic heterocycles. The maximum atomic E-state index is 13.0. The Balaban J connectivity index is 1.52. The zero-order valence-electron chi connectivity index (χ0n) is 18.7. The van der Waals surface area contributed by atoms with Crippen molar-refractivity contribution < 1.29 is 19.1 Å². The molecule has 3 aromatic carbocycles. The van der Waals surface area contributed by atoms with E-state index in [1.54, 1.807) is 12.0 Å². The largest absolute Gasteiger partial charge is 0.497 e. The van der Waals surface area contributed by atoms with Crippen LogP contribution in [0.2, 0.25) is 0 Å². The van der Waals surface area contributed by atoms with Gasteiger partial charge in [-0.3, -0.25) is 9.59 Å². The maximum Gasteiger partial charge on any atom is 0.251 e. The molecule has 1 saturated heterocycles. The van der Waals surface area contributed by atoms with Gasteiger partial charge < -0.3 is 20.1 Å². The first-order valence-corrected chi connectivity index (χ1v) is 11.0. The first-order valence-electron chi connectivity index (χ1n) is 11.0. The second-order valence-electron chi connectivity index (χ2n) is 8.29. The lowest BCUT2D eigenvalue weighted by Crippen LogP contribution is -2.61. The summed E-state index contributed by atoms with van der Waals surface area (Å²) in [5, 5.41) is 0. The Kier molecular flexibility index (Phi) is 6.75. The van der Waals surface area contributed by atoms with Gasteiger partial charge in [-0.05, 0) is 34.4 Å². The summed E-state index contributed by atoms with van der Waals surface area (Å²) in [6.07, 6.45) is 0.515. The van der Waals surface area contributed by atoms with Gasteiger partial charge in [-0.25, -0.2) is 0 Å². The number of benzene rings is 3. The highest BCUT2D eigenvalue weighted by Gasteiger charge is 2.43. The van der Waals surface area contributed by atoms with E-state index in [4.69, 9.17) is 15.2 Å². The summed E-state index contributed by atoms with van der Waals surface area (Å²) in [6.45, 7) is 0.799. The Labute approximate surface area is 193 Å². The van der Waals surface area contributed by atoms with Crippen LogP contribution < -0.4 is 10.5 Å². The average molecular weight is 445 g/mol. The highest BCUT2D eigenvalue weighted by Crippen LogP contribution is 2.27. The number of nitrogens with zero attached hydrogens (tertiary/aromatic N) is 1. The molecule has 1 aliphatic heterocycles. The number of nitrogens with two attached hydrogens (primary N) is 1. The molecule has 1 atom stereocenters. The monoisotopic (exact) mass is 444 g/mol. The van der Waals surface area contributed by atoms with Gasteiger partial charge in [0.15, 0.2) is 5.60 Å². The molecule has 0 bridgehead atoms. The molecular weight excluding hydrogens is 416 g/mol. The molecule has 1 heterocycles. The van der Waals surface area contributed by atoms with Crippen molar-refractivity contribution in [2.45, 2.75) is 18.4 Å². The first kappa shape index (κ1) is 22.6. The highest BCUT2D eigenvalue weighted by atomic mass is 16.5. The van der Waals surface area contributed by atoms with Crippen LogP contribution in [0.15, 0.2) is 78.9 Å². The fourth-order valence-corrected chi connectivity index (χ4v) is 4.23. The molecule has 3 aromatic rings. The summed E-state index contributed by atoms with van der Waals surface area (Å²) in [5.74, 6) is 0.0637. The van der Waals surface area contributed by atoms with Crippen molar-refractivity contribution in [3.05, 3.63) is 90.0 Å². The third kappa shape index (κ3) is 5.23. The molecule has 170 valence electrons. The SMILES string of the molecule is COc1cccc(CC(=O)N2CCOC(Cc3cccc(-c4ccccc4)c3)(C(N)=O)C2)c1. The van der Waals surface area contributed by atoms with Gasteiger partial charge in [0.2, 0.25) is 5.91 Å². The number of ether oxygens (including phenoxy) is 2. The molecule has 0 radical (unpaired) electrons. The van der Waals surface area contributed by atoms with E-state index in [9.17, 15) is 9.59 Å². The van der Waals surface area contributed by atoms with E-state index >= 15 is 0 Å². The van der Waals surface area contributed by atoms with Gasteiger partial charge in [0.1, 0.15) is 5.75 Å². The van der Waals surface area contributed by atoms with Gasteiger partial charge in [0.05, 0.1) is 26.7 Å². The lowest BCUT2D eigenvalue weighted by Gasteiger charge is -2.41. The predicted molar refractivity (Wildman–Crippen MR) is 127 cm³/mol. The fraction of sp³-hybridized carbons (Fsp3) is 0.259. The maximum absolute atomic E-state index is 13.0. The number of hydrogen-bond acceptors (Lipinski definition) is 4. The number of carbonyl (C=O) groups is 2. The minimum atomic E-state index is -1.27. The van der Waals surface area contributed by atoms with Crippen LogP contribution in [-0.2, 0) is 27.2 Å². The molecule has 1 aliphatic rings. The Morgan fingerprint density at radius 1 is 0.970 bits per heavy atom. The smallest absolute Gasteiger partial charge is 0.251 e. The van der Waals surface area contributed by atoms with Gasteiger partial charge in [-0.1, -0.05) is 66.7 Å². The van der Waals surface area contributed by atoms with E-state index in [0.29, 0.717) is 18.7 Å². The van der Waals surface area contributed by atoms with Crippen molar-refractivity contribution in [3.8, 4) is 16.9 Å². The summed E-state index contributed by atoms with van der Waals surface area (Å²) >= 11 is 0. The van der Waals surface area contributed by atoms with Gasteiger partial charge in [-0.15, -0.1) is 0 Å². The van der Waals surface area contributed by atoms with Crippen molar-refractivity contribution in [3.63, 3.8) is 0 Å². The predicted octanol–water partition coefficient (Wildman–Crippen LogP) is 3.23. The number of rotatable bonds is 7. The van der Waals surface area contributed by atoms with Crippen LogP contribution in [0.4, 0.5) is 0 Å². The van der Waals surface area contributed by atoms with Crippen LogP contribution in [0.3, 0.4) is 0 Å². The number of amides is 2. The highest BCUT2D eigenvalue weighted by molar-refractivity contribution is 5.86. The van der Waals surface area contributed by atoms with E-state index in [1.807, 2.05) is 78.9 Å². The van der Waals surface area contributed by atoms with Crippen LogP contribution in [0.1, 0.15) is 11.1 Å². The first-order chi connectivity index (χ1) is 16.0. The van der Waals surface area contributed by atoms with E-state index < -0.39 is 11.5 Å². The zero-order valence-corrected chi connectivity index (χ0v) is 18.7. The number of methoxy groups -OCH3 is 1. The summed E-state index contributed by atoms with van der Waals surface area (Å²) in [4.78, 5) is 27.3. The van der Waals surface area contributed by atoms with Crippen LogP contribution in [0, 0.1) is 0 Å². The summed E-state index contributed by atoms with van der Waals surface area (Å²) < 4.78 is 11.2. The second kappa shape index (κ2) is 9.88. The Hall–Kier alpha value is -3.64. The average Bonchev–Trinajstić information content (AvgIpc) is 2.85. The normalized spacial score (nSPS) is 18.0. The molecule has 6 nitrogen and oxygen atoms in total. The van der Waals surface area contributed by atoms with E-state index in [2.05, 4.69) is 0 Å². The number of hydrogen-bond donors (Lipinski definition) is 1. The standard InChI is InChI=1S/C27H28N2O4/c1-32-24-12-6-7-20(16-24)17-25(30)29-13-14-33-27(19-29,26(28)31)18-21-8-5-11-23(15-21)22-9-3-2-4-10-22/h2-12,15-16H,13-14,17-19H2,1H3,(H2,28,31). The molecule has 6 heteroatoms. The van der Waals surface area contributed by atoms with Crippen molar-refractivity contribution >= 4 is 11.8 Å². The van der Waals surface area contributed by atoms with Gasteiger partial charge in [0.25, 0.3) is 5.91 Å². The Morgan fingerprint density at radius 2 is 1.70 bits per heavy atom. The van der Waals surface area contributed by atoms with Crippen LogP contribution in [-0.4, -0.2) is 49.1 Å². The molecule has 1 unspecified atom stereocenters. The van der Waals surface area contributed by atoms with Crippen molar-refractivity contribution in [2.24, 2.45) is 5.73 Å². The molecule has 2 N–H and O–H groups in total. The van der Waals surface area contributed by atoms with Crippen molar-refractivity contribution in [1.29, 1.82) is 0 Å². The fourth-order valence-electron chi connectivity index (χ4n) is 4.23. The summed E-state index contributed by atoms with van der Waals surface area (Å²) in [6, 6.07) is 25.4. The van der Waals surface area contributed by atoms with Crippen molar-refractivity contribution in [1.82, 2.24) is 4.90 Å². The molecule has 0 spiro atoms. The molecule has 33 heavy (non-hydrogen) atoms. The minimum Gasteiger partial charge on any atom is -0.497 e. The van der Waals surface area contributed by atoms with Gasteiger partial charge in [0, 0.05) is 13.0 Å². The molecule has 0 aliphatic carbocycles. The zero-order chi connectivity index (χ0) is 23.3. The molecule has 4 rings (SSSR count). The Morgan fingerprint density at radius 3 is 2.45 bits per heavy atom. The number of morpholine rings is 1. The lowest BCUT2D eigenvalue weighted by molar-refractivity contribution is -0.163. The minimum absolute atomic E-state index is 0.0739. The van der Waals surface area contributed by atoms with E-state index in [1.165, 1.54) is 0 Å². The third-order valence-corrected chi connectivity index (χ3v) is 6.00. The molecule has 1 fully saturated rings. The molecule has 2 amide bonds. The topological polar surface area (TPSA) is 81.9 Å². The molecule has 0 saturated carbocycles. The quantitative estimate of drug-likeness (QED) is 0.607. The molecular formula is C27H28N2O4. The third-order valence-electron chi connectivity index (χ3n) is 6.00. The summed E-state index contributed by atoms with van der Waals surface area (Å²) in [5.41, 5.74) is 8.49. The van der Waals surface area contributed by atoms with E-state index in [-0.39, 0.29) is 25.5 Å². The van der Waals surface area contributed by atoms with Crippen LogP contribution >= 0.6 is 0 Å². The Bertz CT molecular complexity index is 1130. The number of carbonyl (C=O) groups excluding carboxylic acids is 2. The summed E-state index contributed by atoms with van der Waals surface area (Å²) in [7, 11) is 1.59. The second-order valence-corrected chi connectivity index (χ2v) is 8.29. The van der Waals surface area contributed by atoms with Gasteiger partial charge >= 0.3 is 0 Å². The number of primary amides is 1. The van der Waals surface area contributed by atoms with Crippen molar-refractivity contribution in [2.75, 3.05) is 26.8 Å². The lowest BCUT2D eigenvalue weighted by atomic mass is 9.90.